The van der Waals surface area contributed by atoms with E-state index >= 15 is 0 Å². The minimum atomic E-state index is -1.82. The van der Waals surface area contributed by atoms with E-state index in [2.05, 4.69) is 80.9 Å². The molecule has 2 aromatic carbocycles. The number of epoxide rings is 2. The number of benzene rings is 2. The van der Waals surface area contributed by atoms with E-state index in [1.807, 2.05) is 24.3 Å². The van der Waals surface area contributed by atoms with E-state index in [1.165, 1.54) is 0 Å². The second kappa shape index (κ2) is 17.6. The lowest BCUT2D eigenvalue weighted by Gasteiger charge is -2.41. The molecule has 2 spiro atoms. The summed E-state index contributed by atoms with van der Waals surface area (Å²) < 4.78 is 30.4. The summed E-state index contributed by atoms with van der Waals surface area (Å²) >= 11 is 5.16. The Balaban J connectivity index is 0.000000207. The van der Waals surface area contributed by atoms with Gasteiger partial charge in [0, 0.05) is 30.6 Å². The predicted molar refractivity (Wildman–Crippen MR) is 226 cm³/mol. The zero-order valence-corrected chi connectivity index (χ0v) is 37.6. The molecule has 6 unspecified atom stereocenters. The molecular formula is C44H65ClO8Si2. The first-order chi connectivity index (χ1) is 25.5. The molecule has 2 aromatic rings. The molecule has 0 amide bonds. The molecule has 6 atom stereocenters. The summed E-state index contributed by atoms with van der Waals surface area (Å²) in [6, 6.07) is 17.8. The highest BCUT2D eigenvalue weighted by Gasteiger charge is 2.62. The lowest BCUT2D eigenvalue weighted by atomic mass is 9.81. The van der Waals surface area contributed by atoms with Crippen LogP contribution in [0.25, 0.3) is 0 Å². The van der Waals surface area contributed by atoms with Crippen LogP contribution in [0.3, 0.4) is 0 Å². The van der Waals surface area contributed by atoms with Crippen molar-refractivity contribution in [2.24, 2.45) is 0 Å². The largest absolute Gasteiger partial charge is 0.459 e. The Morgan fingerprint density at radius 2 is 1.15 bits per heavy atom. The smallest absolute Gasteiger partial charge is 0.338 e. The van der Waals surface area contributed by atoms with Gasteiger partial charge >= 0.3 is 5.97 Å². The van der Waals surface area contributed by atoms with E-state index in [0.717, 1.165) is 49.7 Å². The Morgan fingerprint density at radius 3 is 1.51 bits per heavy atom. The molecule has 2 aliphatic carbocycles. The van der Waals surface area contributed by atoms with Gasteiger partial charge in [-0.2, -0.15) is 0 Å². The third kappa shape index (κ3) is 11.2. The second-order valence-electron chi connectivity index (χ2n) is 18.5. The highest BCUT2D eigenvalue weighted by molar-refractivity contribution is 6.74. The van der Waals surface area contributed by atoms with Gasteiger partial charge in [-0.05, 0) is 96.8 Å². The van der Waals surface area contributed by atoms with Crippen LogP contribution in [0.5, 0.6) is 0 Å². The molecule has 0 radical (unpaired) electrons. The van der Waals surface area contributed by atoms with Gasteiger partial charge in [0.2, 0.25) is 0 Å². The SMILES string of the molecule is C=C1CCC(O[Si](C)(C)C(C)(C)C)CC12OC2CO.C=C1CCC(O[Si](C)(C)C(C)(C)C)CC12OC2COC(=O)c1ccccc1.O=C(Cl)c1ccccc1. The standard InChI is InChI=1S/C22H32O4Si.C15H28O3Si.C7H5ClO/c1-16-12-13-18(26-27(5,6)21(2,3)4)14-22(16)19(25-22)15-24-20(23)17-10-8-7-9-11-17;1-11-7-8-12(9-15(11)13(10-16)17-15)18-19(5,6)14(2,3)4;8-7(9)6-4-2-1-3-5-6/h7-11,18-19H,1,12-15H2,2-6H3;12-13,16H,1,7-10H2,2-6H3;1-5H. The maximum Gasteiger partial charge on any atom is 0.338 e. The van der Waals surface area contributed by atoms with Gasteiger partial charge in [-0.15, -0.1) is 0 Å². The molecule has 8 nitrogen and oxygen atoms in total. The zero-order valence-electron chi connectivity index (χ0n) is 34.8. The average molecular weight is 814 g/mol. The summed E-state index contributed by atoms with van der Waals surface area (Å²) in [5.74, 6) is -0.309. The van der Waals surface area contributed by atoms with Gasteiger partial charge in [0.05, 0.1) is 12.2 Å². The number of carbonyl (C=O) groups excluding carboxylic acids is 2. The van der Waals surface area contributed by atoms with Crippen molar-refractivity contribution >= 4 is 39.4 Å². The Labute approximate surface area is 337 Å². The molecule has 2 heterocycles. The van der Waals surface area contributed by atoms with E-state index < -0.39 is 21.9 Å². The van der Waals surface area contributed by atoms with Crippen molar-refractivity contribution in [3.63, 3.8) is 0 Å². The number of halogens is 1. The third-order valence-corrected chi connectivity index (χ3v) is 21.8. The topological polar surface area (TPSA) is 107 Å². The van der Waals surface area contributed by atoms with Gasteiger partial charge in [-0.1, -0.05) is 103 Å². The summed E-state index contributed by atoms with van der Waals surface area (Å²) in [7, 11) is -3.55. The fraction of sp³-hybridized carbons (Fsp3) is 0.591. The van der Waals surface area contributed by atoms with Gasteiger partial charge in [-0.3, -0.25) is 4.79 Å². The van der Waals surface area contributed by atoms with E-state index in [4.69, 9.17) is 34.7 Å². The number of rotatable bonds is 9. The first-order valence-electron chi connectivity index (χ1n) is 19.6. The van der Waals surface area contributed by atoms with Gasteiger partial charge in [0.15, 0.2) is 16.6 Å². The van der Waals surface area contributed by atoms with Crippen LogP contribution in [0.15, 0.2) is 85.0 Å². The molecule has 2 saturated carbocycles. The van der Waals surface area contributed by atoms with Crippen LogP contribution in [0, 0.1) is 0 Å². The number of hydrogen-bond donors (Lipinski definition) is 1. The van der Waals surface area contributed by atoms with Crippen LogP contribution in [0.4, 0.5) is 0 Å². The van der Waals surface area contributed by atoms with Crippen molar-refractivity contribution in [1.29, 1.82) is 0 Å². The van der Waals surface area contributed by atoms with E-state index in [-0.39, 0.29) is 64.9 Å². The molecule has 55 heavy (non-hydrogen) atoms. The number of ether oxygens (including phenoxy) is 3. The molecule has 4 fully saturated rings. The number of carbonyl (C=O) groups is 2. The summed E-state index contributed by atoms with van der Waals surface area (Å²) in [5, 5.41) is 9.30. The summed E-state index contributed by atoms with van der Waals surface area (Å²) in [4.78, 5) is 22.6. The quantitative estimate of drug-likeness (QED) is 0.0877. The number of aliphatic hydroxyl groups is 1. The normalized spacial score (nSPS) is 27.7. The van der Waals surface area contributed by atoms with Crippen LogP contribution in [0.2, 0.25) is 36.3 Å². The Hall–Kier alpha value is -2.42. The van der Waals surface area contributed by atoms with Crippen LogP contribution in [-0.4, -0.2) is 81.8 Å². The predicted octanol–water partition coefficient (Wildman–Crippen LogP) is 10.4. The first-order valence-corrected chi connectivity index (χ1v) is 25.8. The molecule has 2 saturated heterocycles. The van der Waals surface area contributed by atoms with E-state index in [9.17, 15) is 14.7 Å². The van der Waals surface area contributed by atoms with Crippen molar-refractivity contribution in [1.82, 2.24) is 0 Å². The molecule has 11 heteroatoms. The molecule has 304 valence electrons. The summed E-state index contributed by atoms with van der Waals surface area (Å²) in [6.45, 7) is 31.4. The van der Waals surface area contributed by atoms with Crippen LogP contribution < -0.4 is 0 Å². The molecule has 1 N–H and O–H groups in total. The fourth-order valence-corrected chi connectivity index (χ4v) is 9.71. The van der Waals surface area contributed by atoms with Crippen molar-refractivity contribution in [3.05, 3.63) is 96.1 Å². The highest BCUT2D eigenvalue weighted by Crippen LogP contribution is 2.54. The zero-order chi connectivity index (χ0) is 41.0. The van der Waals surface area contributed by atoms with E-state index in [0.29, 0.717) is 11.1 Å². The van der Waals surface area contributed by atoms with Crippen LogP contribution >= 0.6 is 11.6 Å². The van der Waals surface area contributed by atoms with Gasteiger partial charge in [0.25, 0.3) is 5.24 Å². The first kappa shape index (κ1) is 45.3. The maximum atomic E-state index is 12.2. The third-order valence-electron chi connectivity index (χ3n) is 12.5. The molecule has 2 aliphatic heterocycles. The lowest BCUT2D eigenvalue weighted by molar-refractivity contribution is 0.0476. The summed E-state index contributed by atoms with van der Waals surface area (Å²) in [5.41, 5.74) is 2.70. The minimum absolute atomic E-state index is 0.0502. The van der Waals surface area contributed by atoms with Gasteiger partial charge < -0.3 is 28.2 Å². The fourth-order valence-electron chi connectivity index (χ4n) is 6.80. The molecule has 6 rings (SSSR count). The van der Waals surface area contributed by atoms with Crippen molar-refractivity contribution in [2.75, 3.05) is 13.2 Å². The summed E-state index contributed by atoms with van der Waals surface area (Å²) in [6.07, 6.45) is 5.85. The van der Waals surface area contributed by atoms with Crippen molar-refractivity contribution in [2.45, 2.75) is 152 Å². The van der Waals surface area contributed by atoms with Crippen molar-refractivity contribution < 1.29 is 37.8 Å². The van der Waals surface area contributed by atoms with Crippen LogP contribution in [0.1, 0.15) is 101 Å². The van der Waals surface area contributed by atoms with Crippen molar-refractivity contribution in [3.8, 4) is 0 Å². The van der Waals surface area contributed by atoms with Gasteiger partial charge in [-0.25, -0.2) is 4.79 Å². The Bertz CT molecular complexity index is 1650. The molecule has 0 bridgehead atoms. The Morgan fingerprint density at radius 1 is 0.745 bits per heavy atom. The molecule has 4 aliphatic rings. The highest BCUT2D eigenvalue weighted by atomic mass is 35.5. The lowest BCUT2D eigenvalue weighted by Crippen LogP contribution is -2.46. The van der Waals surface area contributed by atoms with Gasteiger partial charge in [0.1, 0.15) is 30.0 Å². The number of aliphatic hydroxyl groups excluding tert-OH is 1. The van der Waals surface area contributed by atoms with E-state index in [1.54, 1.807) is 36.4 Å². The minimum Gasteiger partial charge on any atom is -0.459 e. The Kier molecular flexibility index (Phi) is 14.5. The monoisotopic (exact) mass is 812 g/mol. The second-order valence-corrected chi connectivity index (χ2v) is 28.3. The van der Waals surface area contributed by atoms with Crippen LogP contribution in [-0.2, 0) is 23.1 Å². The maximum absolute atomic E-state index is 12.2. The molecule has 0 aromatic heterocycles. The number of hydrogen-bond acceptors (Lipinski definition) is 8. The average Bonchev–Trinajstić information content (AvgIpc) is 4.01. The molecular weight excluding hydrogens is 748 g/mol. The number of esters is 1.